The van der Waals surface area contributed by atoms with Crippen LogP contribution in [0.1, 0.15) is 36.3 Å². The van der Waals surface area contributed by atoms with E-state index in [9.17, 15) is 19.5 Å². The first-order valence-corrected chi connectivity index (χ1v) is 11.7. The third kappa shape index (κ3) is 3.81. The maximum atomic E-state index is 13.1. The Bertz CT molecular complexity index is 1070. The zero-order chi connectivity index (χ0) is 23.8. The number of fused-ring (bicyclic) bond motifs is 5. The molecule has 3 aliphatic rings. The van der Waals surface area contributed by atoms with E-state index in [1.54, 1.807) is 4.90 Å². The minimum Gasteiger partial charge on any atom is -0.481 e. The number of carboxylic acid groups (broad SMARTS) is 1. The number of carbonyl (C=O) groups excluding carboxylic acids is 2. The summed E-state index contributed by atoms with van der Waals surface area (Å²) in [7, 11) is 1.41. The summed E-state index contributed by atoms with van der Waals surface area (Å²) in [6.07, 6.45) is 0.447. The Hall–Kier alpha value is -3.39. The molecular formula is C26H28N2O6. The summed E-state index contributed by atoms with van der Waals surface area (Å²) in [5, 5.41) is 12.1. The number of aliphatic carboxylic acids is 1. The fourth-order valence-corrected chi connectivity index (χ4v) is 5.86. The van der Waals surface area contributed by atoms with Crippen LogP contribution in [0.4, 0.5) is 4.79 Å². The molecule has 2 fully saturated rings. The lowest BCUT2D eigenvalue weighted by molar-refractivity contribution is -0.145. The molecule has 0 saturated carbocycles. The third-order valence-electron chi connectivity index (χ3n) is 7.44. The number of carboxylic acids is 1. The Morgan fingerprint density at radius 3 is 2.29 bits per heavy atom. The molecular weight excluding hydrogens is 436 g/mol. The van der Waals surface area contributed by atoms with Gasteiger partial charge in [0.05, 0.1) is 12.5 Å². The van der Waals surface area contributed by atoms with Gasteiger partial charge in [-0.1, -0.05) is 48.5 Å². The van der Waals surface area contributed by atoms with Crippen molar-refractivity contribution in [2.45, 2.75) is 43.4 Å². The fraction of sp³-hybridized carbons (Fsp3) is 0.423. The molecule has 2 aliphatic heterocycles. The fourth-order valence-electron chi connectivity index (χ4n) is 5.86. The van der Waals surface area contributed by atoms with Gasteiger partial charge < -0.3 is 24.8 Å². The van der Waals surface area contributed by atoms with Crippen LogP contribution in [0.3, 0.4) is 0 Å². The second-order valence-corrected chi connectivity index (χ2v) is 9.16. The summed E-state index contributed by atoms with van der Waals surface area (Å²) < 4.78 is 10.9. The summed E-state index contributed by atoms with van der Waals surface area (Å²) in [5.74, 6) is -1.73. The predicted molar refractivity (Wildman–Crippen MR) is 123 cm³/mol. The minimum absolute atomic E-state index is 0.0420. The van der Waals surface area contributed by atoms with Gasteiger partial charge in [-0.05, 0) is 41.5 Å². The first kappa shape index (κ1) is 22.4. The Morgan fingerprint density at radius 1 is 1.06 bits per heavy atom. The van der Waals surface area contributed by atoms with Gasteiger partial charge in [-0.15, -0.1) is 0 Å². The molecule has 1 aliphatic carbocycles. The van der Waals surface area contributed by atoms with Crippen LogP contribution < -0.4 is 5.32 Å². The quantitative estimate of drug-likeness (QED) is 0.653. The van der Waals surface area contributed by atoms with Gasteiger partial charge >= 0.3 is 12.1 Å². The van der Waals surface area contributed by atoms with E-state index >= 15 is 0 Å². The van der Waals surface area contributed by atoms with Crippen molar-refractivity contribution in [2.75, 3.05) is 20.3 Å². The van der Waals surface area contributed by atoms with E-state index in [-0.39, 0.29) is 37.1 Å². The number of ether oxygens (including phenoxy) is 2. The van der Waals surface area contributed by atoms with Gasteiger partial charge in [0.1, 0.15) is 6.61 Å². The van der Waals surface area contributed by atoms with Gasteiger partial charge in [0, 0.05) is 25.1 Å². The largest absolute Gasteiger partial charge is 0.481 e. The molecule has 2 aromatic carbocycles. The van der Waals surface area contributed by atoms with E-state index in [4.69, 9.17) is 9.47 Å². The highest BCUT2D eigenvalue weighted by atomic mass is 16.5. The van der Waals surface area contributed by atoms with E-state index in [0.717, 1.165) is 28.7 Å². The number of carbonyl (C=O) groups is 3. The molecule has 2 saturated heterocycles. The molecule has 2 aromatic rings. The van der Waals surface area contributed by atoms with E-state index in [2.05, 4.69) is 29.6 Å². The highest BCUT2D eigenvalue weighted by Crippen LogP contribution is 2.44. The number of alkyl carbamates (subject to hydrolysis) is 1. The number of nitrogens with one attached hydrogen (secondary N) is 1. The summed E-state index contributed by atoms with van der Waals surface area (Å²) in [4.78, 5) is 38.7. The number of amides is 2. The number of methoxy groups -OCH3 is 1. The van der Waals surface area contributed by atoms with Gasteiger partial charge in [0.15, 0.2) is 6.10 Å². The van der Waals surface area contributed by atoms with Gasteiger partial charge in [-0.3, -0.25) is 9.59 Å². The van der Waals surface area contributed by atoms with Crippen molar-refractivity contribution < 1.29 is 29.0 Å². The lowest BCUT2D eigenvalue weighted by Crippen LogP contribution is -2.48. The molecule has 2 heterocycles. The number of hydrogen-bond donors (Lipinski definition) is 2. The van der Waals surface area contributed by atoms with Crippen LogP contribution in [0.15, 0.2) is 48.5 Å². The Labute approximate surface area is 197 Å². The SMILES string of the molecule is COC(CNC(=O)OCC1c2ccccc2-c2ccccc21)C(=O)N1C2CCC1C(C(=O)O)C2. The van der Waals surface area contributed by atoms with Crippen LogP contribution in [0.5, 0.6) is 0 Å². The summed E-state index contributed by atoms with van der Waals surface area (Å²) in [6, 6.07) is 15.8. The highest BCUT2D eigenvalue weighted by molar-refractivity contribution is 5.85. The van der Waals surface area contributed by atoms with Crippen LogP contribution in [0.2, 0.25) is 0 Å². The molecule has 8 nitrogen and oxygen atoms in total. The molecule has 4 atom stereocenters. The van der Waals surface area contributed by atoms with Crippen LogP contribution in [-0.2, 0) is 19.1 Å². The van der Waals surface area contributed by atoms with E-state index in [0.29, 0.717) is 12.8 Å². The normalized spacial score (nSPS) is 23.3. The van der Waals surface area contributed by atoms with Gasteiger partial charge in [0.2, 0.25) is 0 Å². The molecule has 2 amide bonds. The van der Waals surface area contributed by atoms with Crippen LogP contribution in [0, 0.1) is 5.92 Å². The van der Waals surface area contributed by atoms with Crippen molar-refractivity contribution in [3.8, 4) is 11.1 Å². The summed E-state index contributed by atoms with van der Waals surface area (Å²) in [6.45, 7) is 0.141. The second-order valence-electron chi connectivity index (χ2n) is 9.16. The zero-order valence-corrected chi connectivity index (χ0v) is 19.0. The summed E-state index contributed by atoms with van der Waals surface area (Å²) in [5.41, 5.74) is 4.55. The van der Waals surface area contributed by atoms with Gasteiger partial charge in [-0.2, -0.15) is 0 Å². The third-order valence-corrected chi connectivity index (χ3v) is 7.44. The molecule has 0 aromatic heterocycles. The van der Waals surface area contributed by atoms with Crippen molar-refractivity contribution in [2.24, 2.45) is 5.92 Å². The maximum Gasteiger partial charge on any atom is 0.407 e. The number of rotatable bonds is 7. The standard InChI is InChI=1S/C26H28N2O6/c1-33-23(24(29)28-15-10-11-22(28)20(12-15)25(30)31)13-27-26(32)34-14-21-18-8-4-2-6-16(18)17-7-3-5-9-19(17)21/h2-9,15,20-23H,10-14H2,1H3,(H,27,32)(H,30,31). The van der Waals surface area contributed by atoms with E-state index in [1.807, 2.05) is 24.3 Å². The molecule has 178 valence electrons. The first-order chi connectivity index (χ1) is 16.5. The molecule has 0 radical (unpaired) electrons. The van der Waals surface area contributed by atoms with Crippen molar-refractivity contribution in [1.29, 1.82) is 0 Å². The average molecular weight is 465 g/mol. The van der Waals surface area contributed by atoms with Crippen LogP contribution >= 0.6 is 0 Å². The smallest absolute Gasteiger partial charge is 0.407 e. The number of nitrogens with zero attached hydrogens (tertiary/aromatic N) is 1. The maximum absolute atomic E-state index is 13.1. The van der Waals surface area contributed by atoms with Gasteiger partial charge in [-0.25, -0.2) is 4.79 Å². The second kappa shape index (κ2) is 9.10. The van der Waals surface area contributed by atoms with Crippen LogP contribution in [-0.4, -0.2) is 66.4 Å². The lowest BCUT2D eigenvalue weighted by Gasteiger charge is -2.27. The Kier molecular flexibility index (Phi) is 6.00. The van der Waals surface area contributed by atoms with Crippen molar-refractivity contribution in [3.05, 3.63) is 59.7 Å². The number of benzene rings is 2. The van der Waals surface area contributed by atoms with E-state index in [1.165, 1.54) is 7.11 Å². The predicted octanol–water partition coefficient (Wildman–Crippen LogP) is 3.00. The lowest BCUT2D eigenvalue weighted by atomic mass is 9.89. The molecule has 4 unspecified atom stereocenters. The van der Waals surface area contributed by atoms with E-state index < -0.39 is 24.1 Å². The Balaban J connectivity index is 1.18. The summed E-state index contributed by atoms with van der Waals surface area (Å²) >= 11 is 0. The van der Waals surface area contributed by atoms with Crippen molar-refractivity contribution in [1.82, 2.24) is 10.2 Å². The molecule has 2 N–H and O–H groups in total. The highest BCUT2D eigenvalue weighted by Gasteiger charge is 2.52. The Morgan fingerprint density at radius 2 is 1.71 bits per heavy atom. The molecule has 8 heteroatoms. The van der Waals surface area contributed by atoms with Crippen molar-refractivity contribution in [3.63, 3.8) is 0 Å². The zero-order valence-electron chi connectivity index (χ0n) is 19.0. The minimum atomic E-state index is -0.892. The first-order valence-electron chi connectivity index (χ1n) is 11.7. The molecule has 34 heavy (non-hydrogen) atoms. The molecule has 2 bridgehead atoms. The molecule has 5 rings (SSSR count). The van der Waals surface area contributed by atoms with Crippen LogP contribution in [0.25, 0.3) is 11.1 Å². The van der Waals surface area contributed by atoms with Crippen molar-refractivity contribution >= 4 is 18.0 Å². The topological polar surface area (TPSA) is 105 Å². The average Bonchev–Trinajstić information content (AvgIpc) is 3.52. The molecule has 0 spiro atoms. The van der Waals surface area contributed by atoms with Gasteiger partial charge in [0.25, 0.3) is 5.91 Å². The number of hydrogen-bond acceptors (Lipinski definition) is 5. The monoisotopic (exact) mass is 464 g/mol.